The number of hydrogen-bond donors (Lipinski definition) is 2. The van der Waals surface area contributed by atoms with E-state index in [-0.39, 0.29) is 24.5 Å². The molecule has 178 valence electrons. The van der Waals surface area contributed by atoms with Crippen LogP contribution in [-0.2, 0) is 16.1 Å². The van der Waals surface area contributed by atoms with Crippen molar-refractivity contribution in [2.24, 2.45) is 0 Å². The molecule has 6 nitrogen and oxygen atoms in total. The van der Waals surface area contributed by atoms with Crippen LogP contribution >= 0.6 is 11.8 Å². The first-order chi connectivity index (χ1) is 16.0. The highest BCUT2D eigenvalue weighted by Crippen LogP contribution is 2.15. The van der Waals surface area contributed by atoms with Crippen molar-refractivity contribution in [3.63, 3.8) is 0 Å². The number of ether oxygens (including phenoxy) is 1. The van der Waals surface area contributed by atoms with Crippen molar-refractivity contribution in [1.82, 2.24) is 15.5 Å². The van der Waals surface area contributed by atoms with E-state index >= 15 is 0 Å². The van der Waals surface area contributed by atoms with Crippen molar-refractivity contribution in [3.05, 3.63) is 65.7 Å². The molecule has 1 unspecified atom stereocenters. The molecule has 2 N–H and O–H groups in total. The van der Waals surface area contributed by atoms with Crippen LogP contribution < -0.4 is 15.4 Å². The minimum Gasteiger partial charge on any atom is -0.484 e. The van der Waals surface area contributed by atoms with Crippen molar-refractivity contribution in [1.29, 1.82) is 0 Å². The number of likely N-dealkylation sites (tertiary alicyclic amines) is 1. The number of amides is 2. The second-order valence-electron chi connectivity index (χ2n) is 8.55. The third-order valence-electron chi connectivity index (χ3n) is 5.80. The molecule has 0 aromatic heterocycles. The average Bonchev–Trinajstić information content (AvgIpc) is 2.82. The molecule has 2 aromatic rings. The Balaban J connectivity index is 1.44. The monoisotopic (exact) mass is 469 g/mol. The van der Waals surface area contributed by atoms with Gasteiger partial charge in [0.25, 0.3) is 5.91 Å². The Kier molecular flexibility index (Phi) is 10.1. The zero-order valence-electron chi connectivity index (χ0n) is 19.6. The maximum atomic E-state index is 12.9. The van der Waals surface area contributed by atoms with Gasteiger partial charge in [0.15, 0.2) is 6.61 Å². The fourth-order valence-electron chi connectivity index (χ4n) is 4.01. The summed E-state index contributed by atoms with van der Waals surface area (Å²) in [4.78, 5) is 27.8. The summed E-state index contributed by atoms with van der Waals surface area (Å²) < 4.78 is 5.52. The normalized spacial score (nSPS) is 15.6. The summed E-state index contributed by atoms with van der Waals surface area (Å²) in [5.41, 5.74) is 2.61. The van der Waals surface area contributed by atoms with Gasteiger partial charge in [-0.25, -0.2) is 0 Å². The zero-order valence-corrected chi connectivity index (χ0v) is 20.4. The van der Waals surface area contributed by atoms with E-state index < -0.39 is 6.04 Å². The van der Waals surface area contributed by atoms with Gasteiger partial charge < -0.3 is 15.4 Å². The molecule has 33 heavy (non-hydrogen) atoms. The van der Waals surface area contributed by atoms with E-state index in [2.05, 4.69) is 46.7 Å². The summed E-state index contributed by atoms with van der Waals surface area (Å²) in [6.07, 6.45) is 4.42. The number of carbonyl (C=O) groups excluding carboxylic acids is 2. The molecular weight excluding hydrogens is 434 g/mol. The number of aryl methyl sites for hydroxylation is 1. The summed E-state index contributed by atoms with van der Waals surface area (Å²) >= 11 is 1.66. The van der Waals surface area contributed by atoms with Crippen molar-refractivity contribution in [2.75, 3.05) is 31.7 Å². The van der Waals surface area contributed by atoms with Crippen LogP contribution in [0.1, 0.15) is 30.4 Å². The van der Waals surface area contributed by atoms with Crippen LogP contribution in [0.15, 0.2) is 54.6 Å². The van der Waals surface area contributed by atoms with Gasteiger partial charge in [-0.1, -0.05) is 48.0 Å². The topological polar surface area (TPSA) is 70.7 Å². The minimum absolute atomic E-state index is 0.103. The smallest absolute Gasteiger partial charge is 0.258 e. The largest absolute Gasteiger partial charge is 0.484 e. The highest BCUT2D eigenvalue weighted by atomic mass is 32.2. The molecule has 0 aliphatic carbocycles. The Morgan fingerprint density at radius 2 is 1.88 bits per heavy atom. The van der Waals surface area contributed by atoms with E-state index in [1.54, 1.807) is 23.9 Å². The maximum absolute atomic E-state index is 12.9. The maximum Gasteiger partial charge on any atom is 0.258 e. The standard InChI is InChI=1S/C26H35N3O3S/c1-20-7-6-8-21(17-20)18-29-14-11-22(12-15-29)27-26(31)24(13-16-33-2)28-25(30)19-32-23-9-4-3-5-10-23/h3-10,17,22,24H,11-16,18-19H2,1-2H3,(H,27,31)(H,28,30). The summed E-state index contributed by atoms with van der Waals surface area (Å²) in [6, 6.07) is 17.4. The summed E-state index contributed by atoms with van der Waals surface area (Å²) in [6.45, 7) is 4.85. The van der Waals surface area contributed by atoms with Crippen LogP contribution in [0.25, 0.3) is 0 Å². The van der Waals surface area contributed by atoms with Gasteiger partial charge in [0.2, 0.25) is 5.91 Å². The van der Waals surface area contributed by atoms with Crippen LogP contribution in [0.5, 0.6) is 5.75 Å². The average molecular weight is 470 g/mol. The first-order valence-electron chi connectivity index (χ1n) is 11.6. The fraction of sp³-hybridized carbons (Fsp3) is 0.462. The first kappa shape index (κ1) is 25.1. The second-order valence-corrected chi connectivity index (χ2v) is 9.54. The van der Waals surface area contributed by atoms with Crippen LogP contribution in [0.3, 0.4) is 0 Å². The van der Waals surface area contributed by atoms with Gasteiger partial charge in [-0.3, -0.25) is 14.5 Å². The summed E-state index contributed by atoms with van der Waals surface area (Å²) in [5, 5.41) is 6.03. The number of rotatable bonds is 11. The zero-order chi connectivity index (χ0) is 23.5. The molecule has 1 atom stereocenters. The molecule has 0 radical (unpaired) electrons. The molecule has 0 spiro atoms. The SMILES string of the molecule is CSCCC(NC(=O)COc1ccccc1)C(=O)NC1CCN(Cc2cccc(C)c2)CC1. The Labute approximate surface area is 201 Å². The van der Waals surface area contributed by atoms with Gasteiger partial charge >= 0.3 is 0 Å². The van der Waals surface area contributed by atoms with E-state index in [0.29, 0.717) is 12.2 Å². The first-order valence-corrected chi connectivity index (χ1v) is 13.0. The predicted octanol–water partition coefficient (Wildman–Crippen LogP) is 3.39. The number of piperidine rings is 1. The van der Waals surface area contributed by atoms with Gasteiger partial charge in [0.1, 0.15) is 11.8 Å². The molecule has 0 saturated carbocycles. The van der Waals surface area contributed by atoms with E-state index in [0.717, 1.165) is 38.2 Å². The lowest BCUT2D eigenvalue weighted by atomic mass is 10.0. The van der Waals surface area contributed by atoms with Crippen LogP contribution in [0, 0.1) is 6.92 Å². The van der Waals surface area contributed by atoms with E-state index in [1.807, 2.05) is 24.5 Å². The van der Waals surface area contributed by atoms with Crippen molar-refractivity contribution >= 4 is 23.6 Å². The molecule has 1 aliphatic rings. The Morgan fingerprint density at radius 1 is 1.12 bits per heavy atom. The number of nitrogens with zero attached hydrogens (tertiary/aromatic N) is 1. The second kappa shape index (κ2) is 13.3. The van der Waals surface area contributed by atoms with E-state index in [4.69, 9.17) is 4.74 Å². The Hall–Kier alpha value is -2.51. The lowest BCUT2D eigenvalue weighted by molar-refractivity contribution is -0.130. The lowest BCUT2D eigenvalue weighted by Gasteiger charge is -2.33. The molecule has 1 fully saturated rings. The molecule has 1 aliphatic heterocycles. The van der Waals surface area contributed by atoms with Crippen LogP contribution in [0.2, 0.25) is 0 Å². The molecule has 0 bridgehead atoms. The van der Waals surface area contributed by atoms with E-state index in [1.165, 1.54) is 11.1 Å². The van der Waals surface area contributed by atoms with Gasteiger partial charge in [0.05, 0.1) is 0 Å². The highest BCUT2D eigenvalue weighted by molar-refractivity contribution is 7.98. The molecule has 2 aromatic carbocycles. The van der Waals surface area contributed by atoms with Gasteiger partial charge in [-0.05, 0) is 55.9 Å². The lowest BCUT2D eigenvalue weighted by Crippen LogP contribution is -2.52. The van der Waals surface area contributed by atoms with Crippen molar-refractivity contribution in [2.45, 2.75) is 44.8 Å². The third-order valence-corrected chi connectivity index (χ3v) is 6.44. The van der Waals surface area contributed by atoms with E-state index in [9.17, 15) is 9.59 Å². The number of benzene rings is 2. The highest BCUT2D eigenvalue weighted by Gasteiger charge is 2.26. The van der Waals surface area contributed by atoms with Crippen LogP contribution in [-0.4, -0.2) is 60.5 Å². The summed E-state index contributed by atoms with van der Waals surface area (Å²) in [5.74, 6) is 1.05. The van der Waals surface area contributed by atoms with Gasteiger partial charge in [0, 0.05) is 25.7 Å². The molecular formula is C26H35N3O3S. The fourth-order valence-corrected chi connectivity index (χ4v) is 4.48. The number of carbonyl (C=O) groups is 2. The molecule has 7 heteroatoms. The van der Waals surface area contributed by atoms with Crippen molar-refractivity contribution in [3.8, 4) is 5.75 Å². The Bertz CT molecular complexity index is 885. The van der Waals surface area contributed by atoms with Gasteiger partial charge in [-0.2, -0.15) is 11.8 Å². The predicted molar refractivity (Wildman–Crippen MR) is 134 cm³/mol. The van der Waals surface area contributed by atoms with Crippen LogP contribution in [0.4, 0.5) is 0 Å². The number of thioether (sulfide) groups is 1. The quantitative estimate of drug-likeness (QED) is 0.528. The van der Waals surface area contributed by atoms with Gasteiger partial charge in [-0.15, -0.1) is 0 Å². The minimum atomic E-state index is -0.547. The molecule has 2 amide bonds. The number of para-hydroxylation sites is 1. The number of nitrogens with one attached hydrogen (secondary N) is 2. The van der Waals surface area contributed by atoms with Crippen molar-refractivity contribution < 1.29 is 14.3 Å². The third kappa shape index (κ3) is 8.74. The molecule has 1 saturated heterocycles. The molecule has 1 heterocycles. The summed E-state index contributed by atoms with van der Waals surface area (Å²) in [7, 11) is 0. The Morgan fingerprint density at radius 3 is 2.58 bits per heavy atom. The molecule has 3 rings (SSSR count). The number of hydrogen-bond acceptors (Lipinski definition) is 5.